The third-order valence-electron chi connectivity index (χ3n) is 5.47. The first-order valence-electron chi connectivity index (χ1n) is 11.1. The predicted octanol–water partition coefficient (Wildman–Crippen LogP) is 5.04. The second-order valence-electron chi connectivity index (χ2n) is 7.73. The van der Waals surface area contributed by atoms with Gasteiger partial charge in [0.05, 0.1) is 22.9 Å². The summed E-state index contributed by atoms with van der Waals surface area (Å²) in [6.45, 7) is 6.80. The molecular weight excluding hydrogens is 442 g/mol. The van der Waals surface area contributed by atoms with E-state index in [-0.39, 0.29) is 0 Å². The summed E-state index contributed by atoms with van der Waals surface area (Å²) in [5, 5.41) is 2.09. The number of rotatable bonds is 8. The normalized spacial score (nSPS) is 15.4. The zero-order chi connectivity index (χ0) is 22.6. The van der Waals surface area contributed by atoms with Crippen LogP contribution in [0.4, 0.5) is 5.69 Å². The van der Waals surface area contributed by atoms with Gasteiger partial charge in [-0.15, -0.1) is 11.3 Å². The Morgan fingerprint density at radius 3 is 2.31 bits per heavy atom. The summed E-state index contributed by atoms with van der Waals surface area (Å²) >= 11 is 1.59. The third kappa shape index (κ3) is 4.82. The van der Waals surface area contributed by atoms with Crippen molar-refractivity contribution in [2.45, 2.75) is 44.6 Å². The van der Waals surface area contributed by atoms with E-state index in [1.54, 1.807) is 27.8 Å². The second-order valence-corrected chi connectivity index (χ2v) is 10.5. The highest BCUT2D eigenvalue weighted by Crippen LogP contribution is 2.26. The minimum Gasteiger partial charge on any atom is -0.494 e. The van der Waals surface area contributed by atoms with Gasteiger partial charge in [-0.1, -0.05) is 19.1 Å². The Bertz CT molecular complexity index is 1200. The molecule has 0 spiro atoms. The molecule has 0 saturated carbocycles. The summed E-state index contributed by atoms with van der Waals surface area (Å²) in [7, 11) is -3.40. The zero-order valence-corrected chi connectivity index (χ0v) is 20.2. The molecule has 4 rings (SSSR count). The molecule has 2 aromatic carbocycles. The molecule has 0 radical (unpaired) electrons. The molecule has 1 saturated heterocycles. The summed E-state index contributed by atoms with van der Waals surface area (Å²) in [6.07, 6.45) is 2.84. The Kier molecular flexibility index (Phi) is 7.13. The number of hydrogen-bond acceptors (Lipinski definition) is 5. The quantitative estimate of drug-likeness (QED) is 0.462. The number of benzene rings is 2. The minimum absolute atomic E-state index is 0.361. The van der Waals surface area contributed by atoms with Crippen LogP contribution in [0.3, 0.4) is 0 Å². The number of hydrogen-bond donors (Lipinski definition) is 0. The molecular formula is C24H29N3O3S2. The maximum Gasteiger partial charge on any atom is 0.243 e. The van der Waals surface area contributed by atoms with E-state index in [0.717, 1.165) is 53.3 Å². The third-order valence-corrected chi connectivity index (χ3v) is 8.25. The first kappa shape index (κ1) is 22.8. The van der Waals surface area contributed by atoms with Crippen molar-refractivity contribution in [3.05, 3.63) is 58.7 Å². The Hall–Kier alpha value is -2.42. The fourth-order valence-corrected chi connectivity index (χ4v) is 6.33. The van der Waals surface area contributed by atoms with Crippen LogP contribution in [0.15, 0.2) is 63.8 Å². The van der Waals surface area contributed by atoms with Crippen LogP contribution in [0.5, 0.6) is 5.75 Å². The highest BCUT2D eigenvalue weighted by atomic mass is 32.2. The molecule has 0 N–H and O–H groups in total. The highest BCUT2D eigenvalue weighted by molar-refractivity contribution is 7.89. The van der Waals surface area contributed by atoms with Gasteiger partial charge in [0, 0.05) is 25.0 Å². The average molecular weight is 472 g/mol. The van der Waals surface area contributed by atoms with Crippen LogP contribution < -0.4 is 9.54 Å². The summed E-state index contributed by atoms with van der Waals surface area (Å²) in [5.74, 6) is 0.837. The van der Waals surface area contributed by atoms with Crippen LogP contribution in [-0.4, -0.2) is 37.0 Å². The lowest BCUT2D eigenvalue weighted by molar-refractivity contribution is 0.340. The monoisotopic (exact) mass is 471 g/mol. The number of ether oxygens (including phenoxy) is 1. The van der Waals surface area contributed by atoms with Crippen molar-refractivity contribution in [1.82, 2.24) is 8.87 Å². The van der Waals surface area contributed by atoms with E-state index in [1.165, 1.54) is 0 Å². The van der Waals surface area contributed by atoms with Gasteiger partial charge in [-0.05, 0) is 68.1 Å². The van der Waals surface area contributed by atoms with Crippen LogP contribution >= 0.6 is 11.3 Å². The van der Waals surface area contributed by atoms with Gasteiger partial charge < -0.3 is 9.30 Å². The van der Waals surface area contributed by atoms with E-state index >= 15 is 0 Å². The van der Waals surface area contributed by atoms with E-state index in [2.05, 4.69) is 16.9 Å². The number of sulfonamides is 1. The first-order chi connectivity index (χ1) is 15.5. The van der Waals surface area contributed by atoms with E-state index in [1.807, 2.05) is 43.3 Å². The van der Waals surface area contributed by atoms with Crippen LogP contribution in [0.1, 0.15) is 33.1 Å². The highest BCUT2D eigenvalue weighted by Gasteiger charge is 2.27. The summed E-state index contributed by atoms with van der Waals surface area (Å²) in [6, 6.07) is 15.0. The molecule has 0 aliphatic carbocycles. The molecule has 1 aliphatic heterocycles. The topological polar surface area (TPSA) is 63.9 Å². The van der Waals surface area contributed by atoms with Crippen LogP contribution in [0.2, 0.25) is 0 Å². The van der Waals surface area contributed by atoms with Gasteiger partial charge in [0.15, 0.2) is 4.80 Å². The average Bonchev–Trinajstić information content (AvgIpc) is 3.47. The molecule has 1 aromatic heterocycles. The lowest BCUT2D eigenvalue weighted by Crippen LogP contribution is -2.27. The van der Waals surface area contributed by atoms with Gasteiger partial charge in [-0.2, -0.15) is 4.31 Å². The van der Waals surface area contributed by atoms with E-state index < -0.39 is 10.0 Å². The van der Waals surface area contributed by atoms with Crippen molar-refractivity contribution in [2.24, 2.45) is 4.99 Å². The summed E-state index contributed by atoms with van der Waals surface area (Å²) in [5.41, 5.74) is 2.91. The molecule has 32 heavy (non-hydrogen) atoms. The molecule has 2 heterocycles. The molecule has 170 valence electrons. The smallest absolute Gasteiger partial charge is 0.243 e. The molecule has 1 fully saturated rings. The Balaban J connectivity index is 1.65. The van der Waals surface area contributed by atoms with Crippen LogP contribution in [0.25, 0.3) is 11.3 Å². The van der Waals surface area contributed by atoms with Crippen LogP contribution in [0, 0.1) is 0 Å². The van der Waals surface area contributed by atoms with Gasteiger partial charge >= 0.3 is 0 Å². The molecule has 3 aromatic rings. The van der Waals surface area contributed by atoms with Crippen LogP contribution in [-0.2, 0) is 16.6 Å². The molecule has 8 heteroatoms. The molecule has 0 atom stereocenters. The van der Waals surface area contributed by atoms with Crippen molar-refractivity contribution in [3.63, 3.8) is 0 Å². The van der Waals surface area contributed by atoms with Gasteiger partial charge in [0.25, 0.3) is 0 Å². The van der Waals surface area contributed by atoms with E-state index in [4.69, 9.17) is 9.73 Å². The summed E-state index contributed by atoms with van der Waals surface area (Å²) < 4.78 is 34.9. The van der Waals surface area contributed by atoms with Gasteiger partial charge in [0.1, 0.15) is 5.75 Å². The fraction of sp³-hybridized carbons (Fsp3) is 0.375. The van der Waals surface area contributed by atoms with Crippen molar-refractivity contribution in [2.75, 3.05) is 19.7 Å². The lowest BCUT2D eigenvalue weighted by Gasteiger charge is -2.16. The van der Waals surface area contributed by atoms with Gasteiger partial charge in [-0.25, -0.2) is 13.4 Å². The van der Waals surface area contributed by atoms with E-state index in [0.29, 0.717) is 24.6 Å². The van der Waals surface area contributed by atoms with Gasteiger partial charge in [-0.3, -0.25) is 0 Å². The predicted molar refractivity (Wildman–Crippen MR) is 129 cm³/mol. The first-order valence-corrected chi connectivity index (χ1v) is 13.4. The Morgan fingerprint density at radius 1 is 1.00 bits per heavy atom. The molecule has 0 unspecified atom stereocenters. The Labute approximate surface area is 193 Å². The lowest BCUT2D eigenvalue weighted by atomic mass is 10.2. The standard InChI is InChI=1S/C24H29N3O3S2/c1-3-15-27-23(18-31-24(27)25-20-9-11-21(12-10-20)30-4-2)19-7-13-22(14-8-19)32(28,29)26-16-5-6-17-26/h7-14,18H,3-6,15-17H2,1-2H3. The molecule has 0 bridgehead atoms. The number of thiazole rings is 1. The van der Waals surface area contributed by atoms with Gasteiger partial charge in [0.2, 0.25) is 10.0 Å². The Morgan fingerprint density at radius 2 is 1.69 bits per heavy atom. The number of aromatic nitrogens is 1. The molecule has 0 amide bonds. The van der Waals surface area contributed by atoms with E-state index in [9.17, 15) is 8.42 Å². The second kappa shape index (κ2) is 10.0. The SMILES string of the molecule is CCCn1c(-c2ccc(S(=O)(=O)N3CCCC3)cc2)csc1=Nc1ccc(OCC)cc1. The number of nitrogens with zero attached hydrogens (tertiary/aromatic N) is 3. The summed E-state index contributed by atoms with van der Waals surface area (Å²) in [4.78, 5) is 6.12. The van der Waals surface area contributed by atoms with Crippen molar-refractivity contribution < 1.29 is 13.2 Å². The fourth-order valence-electron chi connectivity index (χ4n) is 3.86. The molecule has 1 aliphatic rings. The zero-order valence-electron chi connectivity index (χ0n) is 18.5. The molecule has 6 nitrogen and oxygen atoms in total. The minimum atomic E-state index is -3.40. The van der Waals surface area contributed by atoms with Crippen molar-refractivity contribution in [3.8, 4) is 17.0 Å². The maximum absolute atomic E-state index is 12.8. The van der Waals surface area contributed by atoms with Crippen molar-refractivity contribution >= 4 is 27.0 Å². The maximum atomic E-state index is 12.8. The largest absolute Gasteiger partial charge is 0.494 e. The van der Waals surface area contributed by atoms with Crippen molar-refractivity contribution in [1.29, 1.82) is 0 Å².